The molecular formula is C19H29O5P. The minimum absolute atomic E-state index is 0.0674. The van der Waals surface area contributed by atoms with E-state index >= 15 is 0 Å². The summed E-state index contributed by atoms with van der Waals surface area (Å²) in [4.78, 5) is 0. The maximum atomic E-state index is 12.9. The molecule has 1 aliphatic heterocycles. The van der Waals surface area contributed by atoms with Crippen molar-refractivity contribution < 1.29 is 23.1 Å². The Labute approximate surface area is 150 Å². The van der Waals surface area contributed by atoms with Crippen molar-refractivity contribution in [3.8, 4) is 0 Å². The van der Waals surface area contributed by atoms with Crippen LogP contribution < -0.4 is 0 Å². The summed E-state index contributed by atoms with van der Waals surface area (Å²) in [5, 5.41) is 0. The van der Waals surface area contributed by atoms with Gasteiger partial charge in [-0.05, 0) is 42.9 Å². The molecule has 0 atom stereocenters. The maximum Gasteiger partial charge on any atom is 0.335 e. The molecule has 1 aliphatic carbocycles. The summed E-state index contributed by atoms with van der Waals surface area (Å²) in [7, 11) is -3.13. The first-order valence-corrected chi connectivity index (χ1v) is 10.9. The quantitative estimate of drug-likeness (QED) is 0.680. The van der Waals surface area contributed by atoms with Crippen LogP contribution >= 0.6 is 7.60 Å². The van der Waals surface area contributed by atoms with E-state index in [1.54, 1.807) is 0 Å². The lowest BCUT2D eigenvalue weighted by Crippen LogP contribution is -2.38. The Balaban J connectivity index is 1.98. The predicted molar refractivity (Wildman–Crippen MR) is 96.8 cm³/mol. The fourth-order valence-corrected chi connectivity index (χ4v) is 5.53. The summed E-state index contributed by atoms with van der Waals surface area (Å²) in [5.41, 5.74) is 3.31. The number of rotatable bonds is 6. The van der Waals surface area contributed by atoms with Crippen molar-refractivity contribution in [1.82, 2.24) is 0 Å². The van der Waals surface area contributed by atoms with E-state index in [0.717, 1.165) is 24.0 Å². The van der Waals surface area contributed by atoms with Crippen molar-refractivity contribution in [3.05, 3.63) is 34.9 Å². The van der Waals surface area contributed by atoms with E-state index in [1.807, 2.05) is 19.9 Å². The maximum absolute atomic E-state index is 12.9. The molecule has 1 aromatic carbocycles. The molecule has 0 bridgehead atoms. The van der Waals surface area contributed by atoms with Gasteiger partial charge in [-0.1, -0.05) is 26.0 Å². The SMILES string of the molecule is CCOP(=O)(Cc1ccc2c(c1)C1(CCC2(C)C)OCCO1)OCC. The summed E-state index contributed by atoms with van der Waals surface area (Å²) in [5.74, 6) is -0.651. The fraction of sp³-hybridized carbons (Fsp3) is 0.684. The second-order valence-electron chi connectivity index (χ2n) is 7.32. The van der Waals surface area contributed by atoms with Crippen LogP contribution in [0.15, 0.2) is 18.2 Å². The molecule has 2 aliphatic rings. The molecule has 0 saturated carbocycles. The highest BCUT2D eigenvalue weighted by molar-refractivity contribution is 7.53. The van der Waals surface area contributed by atoms with Gasteiger partial charge >= 0.3 is 7.60 Å². The molecule has 3 rings (SSSR count). The zero-order chi connectivity index (χ0) is 18.1. The smallest absolute Gasteiger partial charge is 0.335 e. The van der Waals surface area contributed by atoms with E-state index in [-0.39, 0.29) is 11.6 Å². The van der Waals surface area contributed by atoms with Gasteiger partial charge in [0.05, 0.1) is 32.6 Å². The molecule has 1 heterocycles. The third-order valence-corrected chi connectivity index (χ3v) is 7.14. The highest BCUT2D eigenvalue weighted by Crippen LogP contribution is 2.53. The number of benzene rings is 1. The molecule has 1 aromatic rings. The van der Waals surface area contributed by atoms with Crippen molar-refractivity contribution in [2.24, 2.45) is 0 Å². The van der Waals surface area contributed by atoms with Crippen LogP contribution in [0.4, 0.5) is 0 Å². The summed E-state index contributed by atoms with van der Waals surface area (Å²) in [6, 6.07) is 6.23. The highest BCUT2D eigenvalue weighted by Gasteiger charge is 2.47. The lowest BCUT2D eigenvalue weighted by Gasteiger charge is -2.42. The molecule has 0 amide bonds. The minimum atomic E-state index is -3.13. The van der Waals surface area contributed by atoms with Gasteiger partial charge in [0, 0.05) is 12.0 Å². The number of hydrogen-bond donors (Lipinski definition) is 0. The summed E-state index contributed by atoms with van der Waals surface area (Å²) in [6.45, 7) is 10.1. The fourth-order valence-electron chi connectivity index (χ4n) is 3.84. The monoisotopic (exact) mass is 368 g/mol. The van der Waals surface area contributed by atoms with Crippen molar-refractivity contribution in [1.29, 1.82) is 0 Å². The summed E-state index contributed by atoms with van der Waals surface area (Å²) in [6.07, 6.45) is 2.11. The minimum Gasteiger partial charge on any atom is -0.343 e. The number of ether oxygens (including phenoxy) is 2. The van der Waals surface area contributed by atoms with E-state index in [9.17, 15) is 4.57 Å². The lowest BCUT2D eigenvalue weighted by molar-refractivity contribution is -0.179. The van der Waals surface area contributed by atoms with Gasteiger partial charge in [-0.2, -0.15) is 0 Å². The standard InChI is InChI=1S/C19H29O5P/c1-5-23-25(20,24-6-2)14-15-7-8-16-17(13-15)19(21-11-12-22-19)10-9-18(16,3)4/h7-8,13H,5-6,9-12,14H2,1-4H3. The molecule has 1 saturated heterocycles. The normalized spacial score (nSPS) is 21.4. The first-order chi connectivity index (χ1) is 11.8. The molecule has 5 nitrogen and oxygen atoms in total. The van der Waals surface area contributed by atoms with Crippen molar-refractivity contribution in [2.75, 3.05) is 26.4 Å². The predicted octanol–water partition coefficient (Wildman–Crippen LogP) is 4.72. The molecule has 140 valence electrons. The Kier molecular flexibility index (Phi) is 5.44. The summed E-state index contributed by atoms with van der Waals surface area (Å²) >= 11 is 0. The zero-order valence-electron chi connectivity index (χ0n) is 15.7. The van der Waals surface area contributed by atoms with Gasteiger partial charge in [0.15, 0.2) is 5.79 Å². The van der Waals surface area contributed by atoms with Crippen LogP contribution in [-0.2, 0) is 40.5 Å². The molecule has 1 spiro atoms. The Hall–Kier alpha value is -0.710. The molecular weight excluding hydrogens is 339 g/mol. The van der Waals surface area contributed by atoms with Crippen LogP contribution in [0.1, 0.15) is 57.2 Å². The molecule has 0 N–H and O–H groups in total. The van der Waals surface area contributed by atoms with E-state index in [0.29, 0.717) is 26.4 Å². The van der Waals surface area contributed by atoms with Crippen LogP contribution in [0.5, 0.6) is 0 Å². The Morgan fingerprint density at radius 1 is 1.04 bits per heavy atom. The topological polar surface area (TPSA) is 54.0 Å². The average Bonchev–Trinajstić information content (AvgIpc) is 3.02. The van der Waals surface area contributed by atoms with Gasteiger partial charge in [0.1, 0.15) is 0 Å². The third-order valence-electron chi connectivity index (χ3n) is 5.08. The second kappa shape index (κ2) is 7.13. The Morgan fingerprint density at radius 3 is 2.28 bits per heavy atom. The van der Waals surface area contributed by atoms with Gasteiger partial charge in [-0.3, -0.25) is 4.57 Å². The molecule has 6 heteroatoms. The molecule has 0 unspecified atom stereocenters. The van der Waals surface area contributed by atoms with Crippen molar-refractivity contribution >= 4 is 7.60 Å². The zero-order valence-corrected chi connectivity index (χ0v) is 16.6. The first kappa shape index (κ1) is 19.1. The molecule has 25 heavy (non-hydrogen) atoms. The van der Waals surface area contributed by atoms with E-state index in [1.165, 1.54) is 5.56 Å². The number of hydrogen-bond acceptors (Lipinski definition) is 5. The largest absolute Gasteiger partial charge is 0.343 e. The van der Waals surface area contributed by atoms with Crippen molar-refractivity contribution in [3.63, 3.8) is 0 Å². The van der Waals surface area contributed by atoms with Gasteiger partial charge < -0.3 is 18.5 Å². The van der Waals surface area contributed by atoms with Crippen molar-refractivity contribution in [2.45, 2.75) is 57.9 Å². The van der Waals surface area contributed by atoms with Crippen LogP contribution in [-0.4, -0.2) is 26.4 Å². The number of fused-ring (bicyclic) bond motifs is 2. The average molecular weight is 368 g/mol. The van der Waals surface area contributed by atoms with Gasteiger partial charge in [0.2, 0.25) is 0 Å². The van der Waals surface area contributed by atoms with Gasteiger partial charge in [-0.25, -0.2) is 0 Å². The van der Waals surface area contributed by atoms with Crippen LogP contribution in [0.3, 0.4) is 0 Å². The second-order valence-corrected chi connectivity index (χ2v) is 9.37. The molecule has 0 aromatic heterocycles. The van der Waals surface area contributed by atoms with E-state index in [4.69, 9.17) is 18.5 Å². The van der Waals surface area contributed by atoms with E-state index in [2.05, 4.69) is 26.0 Å². The van der Waals surface area contributed by atoms with Crippen LogP contribution in [0.2, 0.25) is 0 Å². The third kappa shape index (κ3) is 3.72. The van der Waals surface area contributed by atoms with Gasteiger partial charge in [0.25, 0.3) is 0 Å². The van der Waals surface area contributed by atoms with Crippen LogP contribution in [0, 0.1) is 0 Å². The Morgan fingerprint density at radius 2 is 1.68 bits per heavy atom. The highest BCUT2D eigenvalue weighted by atomic mass is 31.2. The Bertz CT molecular complexity index is 654. The first-order valence-electron chi connectivity index (χ1n) is 9.14. The van der Waals surface area contributed by atoms with Gasteiger partial charge in [-0.15, -0.1) is 0 Å². The lowest BCUT2D eigenvalue weighted by atomic mass is 9.70. The van der Waals surface area contributed by atoms with Crippen LogP contribution in [0.25, 0.3) is 0 Å². The van der Waals surface area contributed by atoms with E-state index < -0.39 is 13.4 Å². The summed E-state index contributed by atoms with van der Waals surface area (Å²) < 4.78 is 35.8. The molecule has 1 fully saturated rings. The molecule has 0 radical (unpaired) electrons.